The Bertz CT molecular complexity index is 361. The molecule has 2 unspecified atom stereocenters. The Morgan fingerprint density at radius 3 is 2.56 bits per heavy atom. The molecule has 2 atom stereocenters. The average molecular weight is 223 g/mol. The molecule has 0 aliphatic rings. The van der Waals surface area contributed by atoms with Crippen molar-refractivity contribution in [2.75, 3.05) is 7.11 Å². The third-order valence-corrected chi connectivity index (χ3v) is 3.14. The van der Waals surface area contributed by atoms with Crippen LogP contribution in [0, 0.1) is 6.92 Å². The number of ether oxygens (including phenoxy) is 1. The third kappa shape index (κ3) is 2.36. The first kappa shape index (κ1) is 13.0. The molecule has 3 heteroatoms. The summed E-state index contributed by atoms with van der Waals surface area (Å²) >= 11 is 0. The van der Waals surface area contributed by atoms with Gasteiger partial charge in [-0.1, -0.05) is 13.0 Å². The Morgan fingerprint density at radius 1 is 1.50 bits per heavy atom. The molecule has 1 aromatic carbocycles. The zero-order valence-electron chi connectivity index (χ0n) is 10.4. The smallest absolute Gasteiger partial charge is 0.121 e. The number of hydrogen-bond donors (Lipinski definition) is 2. The number of rotatable bonds is 4. The van der Waals surface area contributed by atoms with Crippen LogP contribution < -0.4 is 10.5 Å². The summed E-state index contributed by atoms with van der Waals surface area (Å²) in [5.74, 6) is 0.824. The van der Waals surface area contributed by atoms with E-state index in [1.54, 1.807) is 14.0 Å². The first-order chi connectivity index (χ1) is 7.43. The van der Waals surface area contributed by atoms with E-state index in [9.17, 15) is 5.11 Å². The minimum atomic E-state index is -0.994. The van der Waals surface area contributed by atoms with Crippen molar-refractivity contribution in [1.82, 2.24) is 0 Å². The zero-order valence-corrected chi connectivity index (χ0v) is 10.4. The topological polar surface area (TPSA) is 55.5 Å². The SMILES string of the molecule is CCC(N)C(C)(O)c1ccc(OC)c(C)c1. The van der Waals surface area contributed by atoms with Gasteiger partial charge in [0.15, 0.2) is 0 Å². The van der Waals surface area contributed by atoms with Gasteiger partial charge in [0.1, 0.15) is 11.4 Å². The monoisotopic (exact) mass is 223 g/mol. The summed E-state index contributed by atoms with van der Waals surface area (Å²) in [6.07, 6.45) is 0.734. The highest BCUT2D eigenvalue weighted by Gasteiger charge is 2.30. The minimum absolute atomic E-state index is 0.264. The van der Waals surface area contributed by atoms with E-state index >= 15 is 0 Å². The van der Waals surface area contributed by atoms with Crippen LogP contribution in [0.1, 0.15) is 31.4 Å². The molecule has 0 amide bonds. The lowest BCUT2D eigenvalue weighted by Gasteiger charge is -2.30. The van der Waals surface area contributed by atoms with Gasteiger partial charge in [0.05, 0.1) is 7.11 Å². The van der Waals surface area contributed by atoms with Gasteiger partial charge in [-0.05, 0) is 43.5 Å². The maximum atomic E-state index is 10.4. The van der Waals surface area contributed by atoms with E-state index < -0.39 is 5.60 Å². The number of methoxy groups -OCH3 is 1. The second-order valence-electron chi connectivity index (χ2n) is 4.35. The summed E-state index contributed by atoms with van der Waals surface area (Å²) < 4.78 is 5.19. The van der Waals surface area contributed by atoms with E-state index in [2.05, 4.69) is 0 Å². The van der Waals surface area contributed by atoms with Gasteiger partial charge in [-0.2, -0.15) is 0 Å². The number of aliphatic hydroxyl groups is 1. The average Bonchev–Trinajstić information content (AvgIpc) is 2.27. The van der Waals surface area contributed by atoms with Crippen LogP contribution in [0.3, 0.4) is 0 Å². The molecule has 0 fully saturated rings. The summed E-state index contributed by atoms with van der Waals surface area (Å²) in [5, 5.41) is 10.4. The van der Waals surface area contributed by atoms with Gasteiger partial charge in [0, 0.05) is 6.04 Å². The Hall–Kier alpha value is -1.06. The van der Waals surface area contributed by atoms with Crippen molar-refractivity contribution in [3.63, 3.8) is 0 Å². The predicted molar refractivity (Wildman–Crippen MR) is 65.6 cm³/mol. The summed E-state index contributed by atoms with van der Waals surface area (Å²) in [7, 11) is 1.64. The van der Waals surface area contributed by atoms with Gasteiger partial charge in [0.2, 0.25) is 0 Å². The van der Waals surface area contributed by atoms with E-state index in [0.29, 0.717) is 0 Å². The van der Waals surface area contributed by atoms with Crippen LogP contribution in [-0.2, 0) is 5.60 Å². The number of hydrogen-bond acceptors (Lipinski definition) is 3. The normalized spacial score (nSPS) is 16.6. The van der Waals surface area contributed by atoms with E-state index in [1.807, 2.05) is 32.0 Å². The summed E-state index contributed by atoms with van der Waals surface area (Å²) in [6, 6.07) is 5.39. The number of benzene rings is 1. The summed E-state index contributed by atoms with van der Waals surface area (Å²) in [4.78, 5) is 0. The van der Waals surface area contributed by atoms with E-state index in [0.717, 1.165) is 23.3 Å². The molecule has 0 saturated heterocycles. The molecule has 0 saturated carbocycles. The summed E-state index contributed by atoms with van der Waals surface area (Å²) in [6.45, 7) is 5.67. The van der Waals surface area contributed by atoms with Crippen molar-refractivity contribution in [1.29, 1.82) is 0 Å². The van der Waals surface area contributed by atoms with Crippen molar-refractivity contribution in [2.24, 2.45) is 5.73 Å². The molecule has 0 heterocycles. The third-order valence-electron chi connectivity index (χ3n) is 3.14. The standard InChI is InChI=1S/C13H21NO2/c1-5-12(14)13(3,15)10-6-7-11(16-4)9(2)8-10/h6-8,12,15H,5,14H2,1-4H3. The molecule has 0 aromatic heterocycles. The van der Waals surface area contributed by atoms with Crippen LogP contribution in [0.4, 0.5) is 0 Å². The molecule has 3 nitrogen and oxygen atoms in total. The van der Waals surface area contributed by atoms with Crippen LogP contribution in [0.25, 0.3) is 0 Å². The molecule has 0 aliphatic heterocycles. The van der Waals surface area contributed by atoms with Gasteiger partial charge in [-0.15, -0.1) is 0 Å². The first-order valence-corrected chi connectivity index (χ1v) is 5.56. The van der Waals surface area contributed by atoms with E-state index in [4.69, 9.17) is 10.5 Å². The molecule has 1 rings (SSSR count). The van der Waals surface area contributed by atoms with Gasteiger partial charge < -0.3 is 15.6 Å². The maximum Gasteiger partial charge on any atom is 0.121 e. The summed E-state index contributed by atoms with van der Waals surface area (Å²) in [5.41, 5.74) is 6.76. The van der Waals surface area contributed by atoms with Crippen molar-refractivity contribution in [3.8, 4) is 5.75 Å². The molecule has 16 heavy (non-hydrogen) atoms. The fourth-order valence-electron chi connectivity index (χ4n) is 1.80. The molecule has 0 radical (unpaired) electrons. The van der Waals surface area contributed by atoms with Crippen LogP contribution >= 0.6 is 0 Å². The number of nitrogens with two attached hydrogens (primary N) is 1. The van der Waals surface area contributed by atoms with Gasteiger partial charge in [-0.3, -0.25) is 0 Å². The van der Waals surface area contributed by atoms with Crippen LogP contribution in [-0.4, -0.2) is 18.3 Å². The Kier molecular flexibility index (Phi) is 3.94. The lowest BCUT2D eigenvalue weighted by atomic mass is 9.86. The predicted octanol–water partition coefficient (Wildman–Crippen LogP) is 1.95. The quantitative estimate of drug-likeness (QED) is 0.820. The molecule has 90 valence electrons. The molecule has 0 bridgehead atoms. The molecular weight excluding hydrogens is 202 g/mol. The highest BCUT2D eigenvalue weighted by atomic mass is 16.5. The largest absolute Gasteiger partial charge is 0.496 e. The lowest BCUT2D eigenvalue weighted by molar-refractivity contribution is 0.0276. The molecule has 0 spiro atoms. The van der Waals surface area contributed by atoms with Crippen molar-refractivity contribution < 1.29 is 9.84 Å². The van der Waals surface area contributed by atoms with Crippen LogP contribution in [0.2, 0.25) is 0 Å². The first-order valence-electron chi connectivity index (χ1n) is 5.56. The van der Waals surface area contributed by atoms with Crippen molar-refractivity contribution in [3.05, 3.63) is 29.3 Å². The second kappa shape index (κ2) is 4.85. The fraction of sp³-hybridized carbons (Fsp3) is 0.538. The lowest BCUT2D eigenvalue weighted by Crippen LogP contribution is -2.42. The van der Waals surface area contributed by atoms with Crippen LogP contribution in [0.5, 0.6) is 5.75 Å². The highest BCUT2D eigenvalue weighted by Crippen LogP contribution is 2.29. The number of aryl methyl sites for hydroxylation is 1. The fourth-order valence-corrected chi connectivity index (χ4v) is 1.80. The van der Waals surface area contributed by atoms with Gasteiger partial charge in [-0.25, -0.2) is 0 Å². The van der Waals surface area contributed by atoms with Gasteiger partial charge in [0.25, 0.3) is 0 Å². The molecule has 1 aromatic rings. The minimum Gasteiger partial charge on any atom is -0.496 e. The Morgan fingerprint density at radius 2 is 2.12 bits per heavy atom. The Labute approximate surface area is 97.2 Å². The highest BCUT2D eigenvalue weighted by molar-refractivity contribution is 5.38. The second-order valence-corrected chi connectivity index (χ2v) is 4.35. The Balaban J connectivity index is 3.09. The van der Waals surface area contributed by atoms with Gasteiger partial charge >= 0.3 is 0 Å². The van der Waals surface area contributed by atoms with E-state index in [1.165, 1.54) is 0 Å². The van der Waals surface area contributed by atoms with Crippen molar-refractivity contribution in [2.45, 2.75) is 38.8 Å². The van der Waals surface area contributed by atoms with E-state index in [-0.39, 0.29) is 6.04 Å². The molecule has 0 aliphatic carbocycles. The van der Waals surface area contributed by atoms with Crippen LogP contribution in [0.15, 0.2) is 18.2 Å². The zero-order chi connectivity index (χ0) is 12.3. The van der Waals surface area contributed by atoms with Crippen molar-refractivity contribution >= 4 is 0 Å². The molecular formula is C13H21NO2. The molecule has 3 N–H and O–H groups in total. The maximum absolute atomic E-state index is 10.4.